The highest BCUT2D eigenvalue weighted by Gasteiger charge is 2.35. The molecule has 2 heterocycles. The second kappa shape index (κ2) is 11.2. The molecule has 0 aliphatic carbocycles. The molecule has 6 nitrogen and oxygen atoms in total. The first-order chi connectivity index (χ1) is 18.5. The van der Waals surface area contributed by atoms with Crippen LogP contribution in [0.15, 0.2) is 94.2 Å². The van der Waals surface area contributed by atoms with Crippen LogP contribution in [0.2, 0.25) is 5.02 Å². The van der Waals surface area contributed by atoms with E-state index in [4.69, 9.17) is 26.1 Å². The van der Waals surface area contributed by atoms with Crippen molar-refractivity contribution in [3.8, 4) is 5.75 Å². The normalized spacial score (nSPS) is 15.1. The highest BCUT2D eigenvalue weighted by molar-refractivity contribution is 7.07. The molecule has 1 aromatic heterocycles. The first kappa shape index (κ1) is 25.7. The van der Waals surface area contributed by atoms with E-state index in [9.17, 15) is 9.59 Å². The van der Waals surface area contributed by atoms with Gasteiger partial charge in [-0.3, -0.25) is 9.36 Å². The number of fused-ring (bicyclic) bond motifs is 1. The maximum Gasteiger partial charge on any atom is 0.338 e. The zero-order valence-corrected chi connectivity index (χ0v) is 22.5. The van der Waals surface area contributed by atoms with Gasteiger partial charge >= 0.3 is 5.97 Å². The van der Waals surface area contributed by atoms with Crippen molar-refractivity contribution in [3.63, 3.8) is 0 Å². The van der Waals surface area contributed by atoms with Gasteiger partial charge in [0.1, 0.15) is 5.75 Å². The van der Waals surface area contributed by atoms with Crippen molar-refractivity contribution in [2.24, 2.45) is 4.99 Å². The van der Waals surface area contributed by atoms with Crippen LogP contribution in [0.3, 0.4) is 0 Å². The summed E-state index contributed by atoms with van der Waals surface area (Å²) in [5.41, 5.74) is 2.79. The Balaban J connectivity index is 1.82. The Labute approximate surface area is 228 Å². The topological polar surface area (TPSA) is 69.9 Å². The summed E-state index contributed by atoms with van der Waals surface area (Å²) in [6, 6.07) is 23.4. The van der Waals surface area contributed by atoms with Crippen LogP contribution in [-0.4, -0.2) is 23.8 Å². The average Bonchev–Trinajstić information content (AvgIpc) is 3.24. The molecule has 8 heteroatoms. The van der Waals surface area contributed by atoms with E-state index in [1.165, 1.54) is 11.3 Å². The average molecular weight is 545 g/mol. The zero-order valence-electron chi connectivity index (χ0n) is 20.9. The Kier molecular flexibility index (Phi) is 7.58. The summed E-state index contributed by atoms with van der Waals surface area (Å²) in [4.78, 5) is 32.8. The SMILES string of the molecule is CCOC(=O)C1=C(c2ccccc2)N=c2s/c(=C\c3ccccc3OCC)c(=O)n2[C@@H]1c1ccc(Cl)cc1. The van der Waals surface area contributed by atoms with Gasteiger partial charge in [0.25, 0.3) is 5.56 Å². The molecule has 0 saturated carbocycles. The lowest BCUT2D eigenvalue weighted by atomic mass is 9.93. The fourth-order valence-electron chi connectivity index (χ4n) is 4.43. The van der Waals surface area contributed by atoms with Gasteiger partial charge in [-0.15, -0.1) is 0 Å². The molecular weight excluding hydrogens is 520 g/mol. The summed E-state index contributed by atoms with van der Waals surface area (Å²) in [6.45, 7) is 4.37. The predicted molar refractivity (Wildman–Crippen MR) is 150 cm³/mol. The molecule has 4 aromatic rings. The Hall–Kier alpha value is -3.94. The summed E-state index contributed by atoms with van der Waals surface area (Å²) < 4.78 is 13.3. The maximum absolute atomic E-state index is 13.9. The quantitative estimate of drug-likeness (QED) is 0.307. The third-order valence-corrected chi connectivity index (χ3v) is 7.30. The fourth-order valence-corrected chi connectivity index (χ4v) is 5.55. The highest BCUT2D eigenvalue weighted by Crippen LogP contribution is 2.35. The van der Waals surface area contributed by atoms with Gasteiger partial charge in [-0.1, -0.05) is 83.6 Å². The van der Waals surface area contributed by atoms with Crippen molar-refractivity contribution < 1.29 is 14.3 Å². The van der Waals surface area contributed by atoms with Gasteiger partial charge in [0.15, 0.2) is 4.80 Å². The lowest BCUT2D eigenvalue weighted by Crippen LogP contribution is -2.40. The first-order valence-corrected chi connectivity index (χ1v) is 13.5. The summed E-state index contributed by atoms with van der Waals surface area (Å²) in [5.74, 6) is 0.165. The third kappa shape index (κ3) is 4.95. The minimum Gasteiger partial charge on any atom is -0.493 e. The number of halogens is 1. The number of nitrogens with zero attached hydrogens (tertiary/aromatic N) is 2. The molecule has 0 unspecified atom stereocenters. The van der Waals surface area contributed by atoms with E-state index in [1.54, 1.807) is 23.6 Å². The molecule has 0 N–H and O–H groups in total. The number of aromatic nitrogens is 1. The van der Waals surface area contributed by atoms with Gasteiger partial charge in [-0.05, 0) is 43.7 Å². The second-order valence-electron chi connectivity index (χ2n) is 8.45. The Morgan fingerprint density at radius 3 is 2.42 bits per heavy atom. The Morgan fingerprint density at radius 2 is 1.71 bits per heavy atom. The number of carbonyl (C=O) groups is 1. The molecular formula is C30H25ClN2O4S. The highest BCUT2D eigenvalue weighted by atomic mass is 35.5. The van der Waals surface area contributed by atoms with E-state index in [-0.39, 0.29) is 12.2 Å². The molecule has 1 aliphatic rings. The lowest BCUT2D eigenvalue weighted by molar-refractivity contribution is -0.138. The molecule has 38 heavy (non-hydrogen) atoms. The van der Waals surface area contributed by atoms with Crippen LogP contribution in [-0.2, 0) is 9.53 Å². The summed E-state index contributed by atoms with van der Waals surface area (Å²) in [6.07, 6.45) is 1.81. The predicted octanol–water partition coefficient (Wildman–Crippen LogP) is 4.99. The molecule has 0 spiro atoms. The number of carbonyl (C=O) groups excluding carboxylic acids is 1. The van der Waals surface area contributed by atoms with E-state index in [0.29, 0.717) is 38.0 Å². The van der Waals surface area contributed by atoms with Gasteiger partial charge in [0.2, 0.25) is 0 Å². The third-order valence-electron chi connectivity index (χ3n) is 6.06. The summed E-state index contributed by atoms with van der Waals surface area (Å²) >= 11 is 7.46. The second-order valence-corrected chi connectivity index (χ2v) is 9.90. The van der Waals surface area contributed by atoms with E-state index >= 15 is 0 Å². The van der Waals surface area contributed by atoms with Crippen LogP contribution >= 0.6 is 22.9 Å². The number of benzene rings is 3. The number of hydrogen-bond acceptors (Lipinski definition) is 6. The van der Waals surface area contributed by atoms with Crippen LogP contribution in [0.25, 0.3) is 11.8 Å². The summed E-state index contributed by atoms with van der Waals surface area (Å²) in [7, 11) is 0. The molecule has 0 fully saturated rings. The van der Waals surface area contributed by atoms with Crippen molar-refractivity contribution in [1.82, 2.24) is 4.57 Å². The first-order valence-electron chi connectivity index (χ1n) is 12.3. The molecule has 3 aromatic carbocycles. The minimum atomic E-state index is -0.748. The molecule has 5 rings (SSSR count). The van der Waals surface area contributed by atoms with Gasteiger partial charge in [0.05, 0.1) is 35.1 Å². The number of ether oxygens (including phenoxy) is 2. The Morgan fingerprint density at radius 1 is 1.00 bits per heavy atom. The van der Waals surface area contributed by atoms with E-state index in [0.717, 1.165) is 16.7 Å². The van der Waals surface area contributed by atoms with Crippen LogP contribution in [0.1, 0.15) is 36.6 Å². The molecule has 192 valence electrons. The minimum absolute atomic E-state index is 0.191. The zero-order chi connectivity index (χ0) is 26.6. The molecule has 0 amide bonds. The smallest absolute Gasteiger partial charge is 0.338 e. The van der Waals surface area contributed by atoms with Crippen molar-refractivity contribution in [1.29, 1.82) is 0 Å². The van der Waals surface area contributed by atoms with E-state index < -0.39 is 12.0 Å². The standard InChI is InChI=1S/C30H25ClN2O4S/c1-3-36-23-13-9-8-12-21(23)18-24-28(34)33-27(20-14-16-22(31)17-15-20)25(29(35)37-4-2)26(32-30(33)38-24)19-10-6-5-7-11-19/h5-18,27H,3-4H2,1-2H3/b24-18-/t27-/m1/s1. The number of para-hydroxylation sites is 1. The van der Waals surface area contributed by atoms with Gasteiger partial charge < -0.3 is 9.47 Å². The van der Waals surface area contributed by atoms with Crippen molar-refractivity contribution in [2.75, 3.05) is 13.2 Å². The largest absolute Gasteiger partial charge is 0.493 e. The van der Waals surface area contributed by atoms with Crippen LogP contribution < -0.4 is 19.6 Å². The Bertz CT molecular complexity index is 1690. The summed E-state index contributed by atoms with van der Waals surface area (Å²) in [5, 5.41) is 0.554. The molecule has 1 aliphatic heterocycles. The van der Waals surface area contributed by atoms with Gasteiger partial charge in [0, 0.05) is 16.1 Å². The van der Waals surface area contributed by atoms with Crippen LogP contribution in [0.4, 0.5) is 0 Å². The fraction of sp³-hybridized carbons (Fsp3) is 0.167. The van der Waals surface area contributed by atoms with Crippen molar-refractivity contribution in [3.05, 3.63) is 126 Å². The van der Waals surface area contributed by atoms with Crippen LogP contribution in [0, 0.1) is 0 Å². The number of hydrogen-bond donors (Lipinski definition) is 0. The van der Waals surface area contributed by atoms with E-state index in [2.05, 4.69) is 0 Å². The van der Waals surface area contributed by atoms with Gasteiger partial charge in [-0.25, -0.2) is 9.79 Å². The van der Waals surface area contributed by atoms with Crippen LogP contribution in [0.5, 0.6) is 5.75 Å². The monoisotopic (exact) mass is 544 g/mol. The van der Waals surface area contributed by atoms with Crippen molar-refractivity contribution >= 4 is 40.7 Å². The number of esters is 1. The molecule has 0 bridgehead atoms. The number of rotatable bonds is 7. The van der Waals surface area contributed by atoms with Gasteiger partial charge in [-0.2, -0.15) is 0 Å². The van der Waals surface area contributed by atoms with Crippen molar-refractivity contribution in [2.45, 2.75) is 19.9 Å². The molecule has 0 saturated heterocycles. The maximum atomic E-state index is 13.9. The molecule has 0 radical (unpaired) electrons. The van der Waals surface area contributed by atoms with E-state index in [1.807, 2.05) is 79.7 Å². The lowest BCUT2D eigenvalue weighted by Gasteiger charge is -2.25. The molecule has 1 atom stereocenters. The number of thiazole rings is 1.